The number of aryl methyl sites for hydroxylation is 1. The number of piperidine rings is 3. The van der Waals surface area contributed by atoms with Crippen LogP contribution in [0, 0.1) is 11.8 Å². The fourth-order valence-corrected chi connectivity index (χ4v) is 5.47. The molecule has 3 saturated heterocycles. The Morgan fingerprint density at radius 1 is 1.26 bits per heavy atom. The molecule has 2 bridgehead atoms. The number of pyridine rings is 2. The predicted molar refractivity (Wildman–Crippen MR) is 121 cm³/mol. The van der Waals surface area contributed by atoms with Crippen molar-refractivity contribution in [3.63, 3.8) is 0 Å². The number of hydrogen-bond acceptors (Lipinski definition) is 3. The van der Waals surface area contributed by atoms with Gasteiger partial charge in [-0.25, -0.2) is 0 Å². The Hall–Kier alpha value is -3.05. The van der Waals surface area contributed by atoms with Gasteiger partial charge >= 0.3 is 5.91 Å². The van der Waals surface area contributed by atoms with E-state index in [0.717, 1.165) is 36.0 Å². The molecular weight excluding hydrogens is 384 g/mol. The van der Waals surface area contributed by atoms with Crippen LogP contribution >= 0.6 is 0 Å². The Morgan fingerprint density at radius 2 is 2.10 bits per heavy atom. The maximum atomic E-state index is 13.4. The van der Waals surface area contributed by atoms with E-state index in [1.807, 2.05) is 60.4 Å². The number of para-hydroxylation sites is 1. The minimum atomic E-state index is -0.103. The van der Waals surface area contributed by atoms with Gasteiger partial charge in [0.1, 0.15) is 7.05 Å². The summed E-state index contributed by atoms with van der Waals surface area (Å²) in [5.41, 5.74) is 2.76. The highest BCUT2D eigenvalue weighted by Crippen LogP contribution is 2.42. The van der Waals surface area contributed by atoms with Crippen molar-refractivity contribution in [2.45, 2.75) is 24.9 Å². The molecule has 1 N–H and O–H groups in total. The topological polar surface area (TPSA) is 49.1 Å². The third-order valence-corrected chi connectivity index (χ3v) is 7.13. The lowest BCUT2D eigenvalue weighted by atomic mass is 9.73. The van der Waals surface area contributed by atoms with Gasteiger partial charge in [0.05, 0.1) is 11.6 Å². The molecule has 0 radical (unpaired) electrons. The summed E-state index contributed by atoms with van der Waals surface area (Å²) in [6, 6.07) is 16.2. The van der Waals surface area contributed by atoms with E-state index < -0.39 is 0 Å². The third kappa shape index (κ3) is 3.63. The molecule has 2 aromatic heterocycles. The second kappa shape index (κ2) is 8.23. The number of nitrogens with zero attached hydrogens (tertiary/aromatic N) is 3. The molecular formula is C26H29N4O+. The zero-order chi connectivity index (χ0) is 21.4. The summed E-state index contributed by atoms with van der Waals surface area (Å²) in [4.78, 5) is 20.5. The summed E-state index contributed by atoms with van der Waals surface area (Å²) in [6.45, 7) is 6.16. The van der Waals surface area contributed by atoms with Crippen LogP contribution in [0.5, 0.6) is 0 Å². The number of aromatic nitrogens is 2. The van der Waals surface area contributed by atoms with Crippen molar-refractivity contribution in [3.05, 3.63) is 84.8 Å². The van der Waals surface area contributed by atoms with Gasteiger partial charge in [0, 0.05) is 36.3 Å². The van der Waals surface area contributed by atoms with Crippen LogP contribution in [-0.4, -0.2) is 34.9 Å². The van der Waals surface area contributed by atoms with E-state index in [4.69, 9.17) is 0 Å². The maximum absolute atomic E-state index is 13.4. The van der Waals surface area contributed by atoms with Crippen molar-refractivity contribution in [1.82, 2.24) is 15.2 Å². The van der Waals surface area contributed by atoms with Crippen molar-refractivity contribution < 1.29 is 9.36 Å². The van der Waals surface area contributed by atoms with E-state index in [2.05, 4.69) is 40.0 Å². The first kappa shape index (κ1) is 19.9. The largest absolute Gasteiger partial charge is 0.338 e. The highest BCUT2D eigenvalue weighted by Gasteiger charge is 2.43. The molecule has 5 heteroatoms. The number of carbonyl (C=O) groups is 1. The average Bonchev–Trinajstić information content (AvgIpc) is 2.82. The molecule has 1 amide bonds. The molecule has 158 valence electrons. The van der Waals surface area contributed by atoms with E-state index >= 15 is 0 Å². The minimum absolute atomic E-state index is 0.0445. The van der Waals surface area contributed by atoms with E-state index in [9.17, 15) is 4.79 Å². The Kier molecular flexibility index (Phi) is 5.28. The number of hydrogen-bond donors (Lipinski definition) is 1. The number of nitrogens with one attached hydrogen (secondary N) is 1. The molecule has 1 unspecified atom stereocenters. The van der Waals surface area contributed by atoms with E-state index in [1.54, 1.807) is 0 Å². The highest BCUT2D eigenvalue weighted by atomic mass is 16.2. The molecule has 31 heavy (non-hydrogen) atoms. The molecule has 6 rings (SSSR count). The Balaban J connectivity index is 1.55. The van der Waals surface area contributed by atoms with Gasteiger partial charge in [-0.2, -0.15) is 4.57 Å². The number of amides is 1. The normalized spacial score (nSPS) is 25.8. The molecule has 3 aromatic rings. The van der Waals surface area contributed by atoms with Crippen LogP contribution in [0.3, 0.4) is 0 Å². The number of fused-ring (bicyclic) bond motifs is 4. The first-order valence-electron chi connectivity index (χ1n) is 11.1. The zero-order valence-corrected chi connectivity index (χ0v) is 17.9. The number of rotatable bonds is 5. The summed E-state index contributed by atoms with van der Waals surface area (Å²) < 4.78 is 1.87. The fraction of sp³-hybridized carbons (Fsp3) is 0.346. The fourth-order valence-electron chi connectivity index (χ4n) is 5.47. The SMILES string of the molecule is C=C[C@H]1CN2CC[C@H]1C[C@H]2[C@@H](NC(=O)c1cccc[n+]1C)c1ccnc2ccccc12. The Morgan fingerprint density at radius 3 is 2.87 bits per heavy atom. The number of carbonyl (C=O) groups excluding carboxylic acids is 1. The van der Waals surface area contributed by atoms with E-state index in [0.29, 0.717) is 17.5 Å². The summed E-state index contributed by atoms with van der Waals surface area (Å²) in [7, 11) is 1.91. The van der Waals surface area contributed by atoms with Crippen LogP contribution in [0.1, 0.15) is 34.9 Å². The number of benzene rings is 1. The second-order valence-corrected chi connectivity index (χ2v) is 8.81. The lowest BCUT2D eigenvalue weighted by Crippen LogP contribution is -2.57. The summed E-state index contributed by atoms with van der Waals surface area (Å²) in [6.07, 6.45) is 8.17. The van der Waals surface area contributed by atoms with Crippen LogP contribution in [0.2, 0.25) is 0 Å². The van der Waals surface area contributed by atoms with Crippen molar-refractivity contribution in [2.75, 3.05) is 13.1 Å². The van der Waals surface area contributed by atoms with Gasteiger partial charge in [0.2, 0.25) is 0 Å². The molecule has 5 atom stereocenters. The maximum Gasteiger partial charge on any atom is 0.316 e. The van der Waals surface area contributed by atoms with Crippen molar-refractivity contribution >= 4 is 16.8 Å². The molecule has 3 aliphatic heterocycles. The molecule has 5 nitrogen and oxygen atoms in total. The quantitative estimate of drug-likeness (QED) is 0.515. The van der Waals surface area contributed by atoms with Gasteiger partial charge in [0.15, 0.2) is 6.20 Å². The first-order valence-corrected chi connectivity index (χ1v) is 11.1. The second-order valence-electron chi connectivity index (χ2n) is 8.81. The van der Waals surface area contributed by atoms with Gasteiger partial charge in [-0.3, -0.25) is 14.7 Å². The van der Waals surface area contributed by atoms with E-state index in [1.165, 1.54) is 6.42 Å². The molecule has 0 aliphatic carbocycles. The van der Waals surface area contributed by atoms with Crippen molar-refractivity contribution in [2.24, 2.45) is 18.9 Å². The Bertz CT molecular complexity index is 1120. The van der Waals surface area contributed by atoms with Gasteiger partial charge in [-0.1, -0.05) is 24.3 Å². The molecule has 0 saturated carbocycles. The third-order valence-electron chi connectivity index (χ3n) is 7.13. The van der Waals surface area contributed by atoms with Crippen LogP contribution in [0.25, 0.3) is 10.9 Å². The zero-order valence-electron chi connectivity index (χ0n) is 17.9. The molecule has 3 fully saturated rings. The Labute approximate surface area is 183 Å². The first-order chi connectivity index (χ1) is 15.2. The van der Waals surface area contributed by atoms with Gasteiger partial charge in [-0.15, -0.1) is 6.58 Å². The smallest absolute Gasteiger partial charge is 0.316 e. The molecule has 1 aromatic carbocycles. The standard InChI is InChI=1S/C26H28N4O/c1-3-18-17-30-15-12-19(18)16-24(30)25(28-26(31)23-10-6-7-14-29(23)2)21-11-13-27-22-9-5-4-8-20(21)22/h3-11,13-14,18-19,24-25H,1,12,15-17H2,2H3/p+1/t18-,19-,24-,25-/m0/s1. The summed E-state index contributed by atoms with van der Waals surface area (Å²) in [5, 5.41) is 4.52. The van der Waals surface area contributed by atoms with Crippen molar-refractivity contribution in [3.8, 4) is 0 Å². The molecule has 0 spiro atoms. The van der Waals surface area contributed by atoms with Gasteiger partial charge in [0.25, 0.3) is 5.69 Å². The predicted octanol–water partition coefficient (Wildman–Crippen LogP) is 3.43. The minimum Gasteiger partial charge on any atom is -0.338 e. The van der Waals surface area contributed by atoms with Crippen LogP contribution in [-0.2, 0) is 7.05 Å². The van der Waals surface area contributed by atoms with Crippen LogP contribution in [0.15, 0.2) is 73.6 Å². The molecule has 5 heterocycles. The van der Waals surface area contributed by atoms with Crippen LogP contribution < -0.4 is 9.88 Å². The lowest BCUT2D eigenvalue weighted by molar-refractivity contribution is -0.673. The van der Waals surface area contributed by atoms with Crippen molar-refractivity contribution in [1.29, 1.82) is 0 Å². The molecule has 3 aliphatic rings. The lowest BCUT2D eigenvalue weighted by Gasteiger charge is -2.51. The van der Waals surface area contributed by atoms with E-state index in [-0.39, 0.29) is 18.0 Å². The summed E-state index contributed by atoms with van der Waals surface area (Å²) in [5.74, 6) is 1.13. The highest BCUT2D eigenvalue weighted by molar-refractivity contribution is 5.92. The van der Waals surface area contributed by atoms with Crippen LogP contribution in [0.4, 0.5) is 0 Å². The summed E-state index contributed by atoms with van der Waals surface area (Å²) >= 11 is 0. The van der Waals surface area contributed by atoms with Gasteiger partial charge in [-0.05, 0) is 55.0 Å². The monoisotopic (exact) mass is 413 g/mol. The average molecular weight is 414 g/mol. The van der Waals surface area contributed by atoms with Gasteiger partial charge < -0.3 is 5.32 Å².